The van der Waals surface area contributed by atoms with Crippen LogP contribution in [0.2, 0.25) is 0 Å². The molecule has 1 heterocycles. The smallest absolute Gasteiger partial charge is 0.240 e. The number of ether oxygens (including phenoxy) is 1. The fourth-order valence-corrected chi connectivity index (χ4v) is 2.85. The highest BCUT2D eigenvalue weighted by atomic mass is 32.2. The third kappa shape index (κ3) is 2.77. The van der Waals surface area contributed by atoms with Crippen molar-refractivity contribution in [2.75, 3.05) is 19.7 Å². The summed E-state index contributed by atoms with van der Waals surface area (Å²) >= 11 is 0. The van der Waals surface area contributed by atoms with Crippen LogP contribution in [-0.2, 0) is 16.4 Å². The van der Waals surface area contributed by atoms with Gasteiger partial charge in [-0.05, 0) is 36.7 Å². The van der Waals surface area contributed by atoms with E-state index in [0.29, 0.717) is 31.0 Å². The molecule has 3 N–H and O–H groups in total. The van der Waals surface area contributed by atoms with Gasteiger partial charge in [0.25, 0.3) is 0 Å². The Morgan fingerprint density at radius 1 is 1.41 bits per heavy atom. The number of hydrogen-bond acceptors (Lipinski definition) is 4. The maximum Gasteiger partial charge on any atom is 0.240 e. The zero-order valence-electron chi connectivity index (χ0n) is 9.48. The topological polar surface area (TPSA) is 81.4 Å². The van der Waals surface area contributed by atoms with Gasteiger partial charge in [0, 0.05) is 13.0 Å². The van der Waals surface area contributed by atoms with E-state index in [2.05, 4.69) is 4.72 Å². The van der Waals surface area contributed by atoms with E-state index in [0.717, 1.165) is 17.7 Å². The minimum Gasteiger partial charge on any atom is -0.493 e. The van der Waals surface area contributed by atoms with Crippen molar-refractivity contribution in [2.45, 2.75) is 17.7 Å². The average Bonchev–Trinajstić information content (AvgIpc) is 2.76. The van der Waals surface area contributed by atoms with E-state index in [9.17, 15) is 8.42 Å². The van der Waals surface area contributed by atoms with Crippen LogP contribution in [0.1, 0.15) is 12.0 Å². The fourth-order valence-electron chi connectivity index (χ4n) is 1.72. The molecule has 0 atom stereocenters. The third-order valence-electron chi connectivity index (χ3n) is 2.64. The molecule has 0 fully saturated rings. The molecule has 0 spiro atoms. The Hall–Kier alpha value is -1.11. The van der Waals surface area contributed by atoms with Crippen molar-refractivity contribution in [2.24, 2.45) is 5.73 Å². The lowest BCUT2D eigenvalue weighted by Gasteiger charge is -2.07. The molecule has 94 valence electrons. The van der Waals surface area contributed by atoms with Gasteiger partial charge in [-0.25, -0.2) is 13.1 Å². The highest BCUT2D eigenvalue weighted by Gasteiger charge is 2.18. The van der Waals surface area contributed by atoms with E-state index < -0.39 is 10.0 Å². The summed E-state index contributed by atoms with van der Waals surface area (Å²) in [6, 6.07) is 4.95. The molecular formula is C11H16N2O3S. The van der Waals surface area contributed by atoms with E-state index >= 15 is 0 Å². The molecule has 0 saturated carbocycles. The SMILES string of the molecule is NCCCNS(=O)(=O)c1ccc2c(c1)CCO2. The number of hydrogen-bond donors (Lipinski definition) is 2. The largest absolute Gasteiger partial charge is 0.493 e. The van der Waals surface area contributed by atoms with Gasteiger partial charge in [-0.1, -0.05) is 0 Å². The quantitative estimate of drug-likeness (QED) is 0.740. The van der Waals surface area contributed by atoms with Crippen molar-refractivity contribution in [3.8, 4) is 5.75 Å². The lowest BCUT2D eigenvalue weighted by atomic mass is 10.2. The number of nitrogens with one attached hydrogen (secondary N) is 1. The first-order valence-electron chi connectivity index (χ1n) is 5.59. The summed E-state index contributed by atoms with van der Waals surface area (Å²) in [5.41, 5.74) is 6.27. The molecule has 0 amide bonds. The lowest BCUT2D eigenvalue weighted by molar-refractivity contribution is 0.356. The highest BCUT2D eigenvalue weighted by molar-refractivity contribution is 7.89. The molecule has 5 nitrogen and oxygen atoms in total. The van der Waals surface area contributed by atoms with Gasteiger partial charge in [0.05, 0.1) is 11.5 Å². The Balaban J connectivity index is 2.16. The van der Waals surface area contributed by atoms with Crippen LogP contribution in [0.25, 0.3) is 0 Å². The molecule has 2 rings (SSSR count). The minimum atomic E-state index is -3.42. The van der Waals surface area contributed by atoms with Gasteiger partial charge in [-0.3, -0.25) is 0 Å². The summed E-state index contributed by atoms with van der Waals surface area (Å²) in [6.45, 7) is 1.46. The minimum absolute atomic E-state index is 0.291. The monoisotopic (exact) mass is 256 g/mol. The van der Waals surface area contributed by atoms with Crippen LogP contribution >= 0.6 is 0 Å². The summed E-state index contributed by atoms with van der Waals surface area (Å²) < 4.78 is 31.7. The van der Waals surface area contributed by atoms with Crippen LogP contribution in [0.4, 0.5) is 0 Å². The van der Waals surface area contributed by atoms with E-state index in [1.165, 1.54) is 0 Å². The molecular weight excluding hydrogens is 240 g/mol. The maximum atomic E-state index is 11.9. The van der Waals surface area contributed by atoms with Crippen molar-refractivity contribution < 1.29 is 13.2 Å². The van der Waals surface area contributed by atoms with Gasteiger partial charge in [-0.2, -0.15) is 0 Å². The first-order chi connectivity index (χ1) is 8.13. The van der Waals surface area contributed by atoms with Crippen LogP contribution in [0.5, 0.6) is 5.75 Å². The van der Waals surface area contributed by atoms with Crippen molar-refractivity contribution in [1.82, 2.24) is 4.72 Å². The lowest BCUT2D eigenvalue weighted by Crippen LogP contribution is -2.26. The molecule has 6 heteroatoms. The molecule has 0 bridgehead atoms. The van der Waals surface area contributed by atoms with Crippen LogP contribution in [-0.4, -0.2) is 28.1 Å². The van der Waals surface area contributed by atoms with Gasteiger partial charge in [0.15, 0.2) is 0 Å². The molecule has 1 aliphatic heterocycles. The first kappa shape index (κ1) is 12.3. The molecule has 0 saturated heterocycles. The summed E-state index contributed by atoms with van der Waals surface area (Å²) in [5, 5.41) is 0. The Kier molecular flexibility index (Phi) is 3.66. The summed E-state index contributed by atoms with van der Waals surface area (Å²) in [7, 11) is -3.42. The number of benzene rings is 1. The summed E-state index contributed by atoms with van der Waals surface area (Å²) in [5.74, 6) is 0.783. The van der Waals surface area contributed by atoms with Crippen LogP contribution in [0.3, 0.4) is 0 Å². The Labute approximate surface area is 101 Å². The van der Waals surface area contributed by atoms with E-state index in [1.54, 1.807) is 18.2 Å². The molecule has 1 aromatic carbocycles. The van der Waals surface area contributed by atoms with Gasteiger partial charge >= 0.3 is 0 Å². The zero-order valence-corrected chi connectivity index (χ0v) is 10.3. The second-order valence-corrected chi connectivity index (χ2v) is 5.67. The van der Waals surface area contributed by atoms with Gasteiger partial charge in [0.1, 0.15) is 5.75 Å². The normalized spacial score (nSPS) is 14.4. The molecule has 0 aliphatic carbocycles. The van der Waals surface area contributed by atoms with Crippen molar-refractivity contribution in [3.63, 3.8) is 0 Å². The number of sulfonamides is 1. The predicted octanol–water partition coefficient (Wildman–Crippen LogP) is 0.249. The van der Waals surface area contributed by atoms with Crippen molar-refractivity contribution in [3.05, 3.63) is 23.8 Å². The number of fused-ring (bicyclic) bond motifs is 1. The number of nitrogens with two attached hydrogens (primary N) is 1. The molecule has 0 aromatic heterocycles. The van der Waals surface area contributed by atoms with Crippen molar-refractivity contribution >= 4 is 10.0 Å². The Morgan fingerprint density at radius 2 is 2.24 bits per heavy atom. The average molecular weight is 256 g/mol. The van der Waals surface area contributed by atoms with Crippen molar-refractivity contribution in [1.29, 1.82) is 0 Å². The van der Waals surface area contributed by atoms with Gasteiger partial charge in [0.2, 0.25) is 10.0 Å². The first-order valence-corrected chi connectivity index (χ1v) is 7.07. The zero-order chi connectivity index (χ0) is 12.3. The number of rotatable bonds is 5. The molecule has 0 unspecified atom stereocenters. The second-order valence-electron chi connectivity index (χ2n) is 3.91. The molecule has 0 radical (unpaired) electrons. The maximum absolute atomic E-state index is 11.9. The van der Waals surface area contributed by atoms with Crippen LogP contribution < -0.4 is 15.2 Å². The standard InChI is InChI=1S/C11H16N2O3S/c12-5-1-6-13-17(14,15)10-2-3-11-9(8-10)4-7-16-11/h2-3,8,13H,1,4-7,12H2. The highest BCUT2D eigenvalue weighted by Crippen LogP contribution is 2.27. The van der Waals surface area contributed by atoms with E-state index in [4.69, 9.17) is 10.5 Å². The van der Waals surface area contributed by atoms with Gasteiger partial charge < -0.3 is 10.5 Å². The van der Waals surface area contributed by atoms with Gasteiger partial charge in [-0.15, -0.1) is 0 Å². The van der Waals surface area contributed by atoms with Crippen LogP contribution in [0.15, 0.2) is 23.1 Å². The molecule has 1 aromatic rings. The van der Waals surface area contributed by atoms with E-state index in [-0.39, 0.29) is 0 Å². The second kappa shape index (κ2) is 5.03. The van der Waals surface area contributed by atoms with E-state index in [1.807, 2.05) is 0 Å². The summed E-state index contributed by atoms with van der Waals surface area (Å²) in [4.78, 5) is 0.291. The molecule has 1 aliphatic rings. The fraction of sp³-hybridized carbons (Fsp3) is 0.455. The van der Waals surface area contributed by atoms with Crippen LogP contribution in [0, 0.1) is 0 Å². The molecule has 17 heavy (non-hydrogen) atoms. The Bertz CT molecular complexity index is 499. The summed E-state index contributed by atoms with van der Waals surface area (Å²) in [6.07, 6.45) is 1.40. The third-order valence-corrected chi connectivity index (χ3v) is 4.10. The predicted molar refractivity (Wildman–Crippen MR) is 64.5 cm³/mol. The Morgan fingerprint density at radius 3 is 3.00 bits per heavy atom.